The Morgan fingerprint density at radius 3 is 2.83 bits per heavy atom. The number of carbonyl (C=O) groups excluding carboxylic acids is 1. The van der Waals surface area contributed by atoms with Crippen LogP contribution < -0.4 is 10.5 Å². The van der Waals surface area contributed by atoms with Crippen molar-refractivity contribution in [3.8, 4) is 22.7 Å². The van der Waals surface area contributed by atoms with Crippen molar-refractivity contribution >= 4 is 5.91 Å². The lowest BCUT2D eigenvalue weighted by Crippen LogP contribution is -2.13. The number of nitrogens with zero attached hydrogens (tertiary/aromatic N) is 2. The Hall–Kier alpha value is -3.08. The Bertz CT molecular complexity index is 840. The van der Waals surface area contributed by atoms with Crippen LogP contribution in [-0.2, 0) is 11.2 Å². The van der Waals surface area contributed by atoms with Gasteiger partial charge in [0.15, 0.2) is 0 Å². The molecular weight excluding hydrogens is 290 g/mol. The van der Waals surface area contributed by atoms with E-state index in [2.05, 4.69) is 4.98 Å². The molecule has 0 radical (unpaired) electrons. The zero-order chi connectivity index (χ0) is 16.2. The van der Waals surface area contributed by atoms with Gasteiger partial charge in [0.25, 0.3) is 0 Å². The van der Waals surface area contributed by atoms with Gasteiger partial charge in [-0.1, -0.05) is 24.3 Å². The molecule has 0 aliphatic carbocycles. The quantitative estimate of drug-likeness (QED) is 0.787. The van der Waals surface area contributed by atoms with Gasteiger partial charge in [0.1, 0.15) is 5.75 Å². The van der Waals surface area contributed by atoms with Gasteiger partial charge in [-0.05, 0) is 29.8 Å². The van der Waals surface area contributed by atoms with Gasteiger partial charge in [0.05, 0.1) is 25.6 Å². The molecule has 0 aliphatic rings. The van der Waals surface area contributed by atoms with E-state index in [1.807, 2.05) is 59.3 Å². The van der Waals surface area contributed by atoms with Crippen molar-refractivity contribution in [1.29, 1.82) is 0 Å². The topological polar surface area (TPSA) is 70.1 Å². The van der Waals surface area contributed by atoms with Gasteiger partial charge in [-0.3, -0.25) is 4.79 Å². The summed E-state index contributed by atoms with van der Waals surface area (Å²) in [4.78, 5) is 15.5. The van der Waals surface area contributed by atoms with Crippen LogP contribution in [0.1, 0.15) is 5.56 Å². The first-order valence-corrected chi connectivity index (χ1v) is 7.22. The number of primary amides is 1. The molecule has 23 heavy (non-hydrogen) atoms. The van der Waals surface area contributed by atoms with Crippen LogP contribution in [0.15, 0.2) is 61.1 Å². The highest BCUT2D eigenvalue weighted by Crippen LogP contribution is 2.23. The Morgan fingerprint density at radius 2 is 2.04 bits per heavy atom. The molecule has 0 atom stereocenters. The molecule has 3 rings (SSSR count). The summed E-state index contributed by atoms with van der Waals surface area (Å²) in [5.74, 6) is 0.449. The highest BCUT2D eigenvalue weighted by Gasteiger charge is 2.06. The second-order valence-electron chi connectivity index (χ2n) is 5.21. The molecule has 1 aromatic heterocycles. The SMILES string of the molecule is COc1cccc(-c2cn(-c3cccc(CC(N)=O)c3)cn2)c1. The molecule has 2 N–H and O–H groups in total. The third-order valence-electron chi connectivity index (χ3n) is 3.54. The summed E-state index contributed by atoms with van der Waals surface area (Å²) in [6, 6.07) is 15.4. The number of ether oxygens (including phenoxy) is 1. The summed E-state index contributed by atoms with van der Waals surface area (Å²) in [6.45, 7) is 0. The van der Waals surface area contributed by atoms with Crippen molar-refractivity contribution in [1.82, 2.24) is 9.55 Å². The fourth-order valence-electron chi connectivity index (χ4n) is 2.42. The predicted molar refractivity (Wildman–Crippen MR) is 88.5 cm³/mol. The number of amides is 1. The van der Waals surface area contributed by atoms with Crippen molar-refractivity contribution in [2.45, 2.75) is 6.42 Å². The largest absolute Gasteiger partial charge is 0.497 e. The second kappa shape index (κ2) is 6.36. The number of imidazole rings is 1. The number of carbonyl (C=O) groups is 1. The molecule has 116 valence electrons. The standard InChI is InChI=1S/C18H17N3O2/c1-23-16-7-3-5-14(10-16)17-11-21(12-20-17)15-6-2-4-13(8-15)9-18(19)22/h2-8,10-12H,9H2,1H3,(H2,19,22). The van der Waals surface area contributed by atoms with E-state index in [9.17, 15) is 4.79 Å². The third-order valence-corrected chi connectivity index (χ3v) is 3.54. The lowest BCUT2D eigenvalue weighted by molar-refractivity contribution is -0.117. The summed E-state index contributed by atoms with van der Waals surface area (Å²) in [7, 11) is 1.64. The fraction of sp³-hybridized carbons (Fsp3) is 0.111. The van der Waals surface area contributed by atoms with Crippen molar-refractivity contribution < 1.29 is 9.53 Å². The maximum absolute atomic E-state index is 11.1. The van der Waals surface area contributed by atoms with Crippen LogP contribution in [0.3, 0.4) is 0 Å². The minimum atomic E-state index is -0.343. The first-order chi connectivity index (χ1) is 11.2. The average Bonchev–Trinajstić information content (AvgIpc) is 3.04. The van der Waals surface area contributed by atoms with E-state index in [0.29, 0.717) is 0 Å². The summed E-state index contributed by atoms with van der Waals surface area (Å²) in [5.41, 5.74) is 8.90. The van der Waals surface area contributed by atoms with Crippen LogP contribution >= 0.6 is 0 Å². The van der Waals surface area contributed by atoms with Gasteiger partial charge in [-0.25, -0.2) is 4.98 Å². The second-order valence-corrected chi connectivity index (χ2v) is 5.21. The number of hydrogen-bond acceptors (Lipinski definition) is 3. The summed E-state index contributed by atoms with van der Waals surface area (Å²) >= 11 is 0. The predicted octanol–water partition coefficient (Wildman–Crippen LogP) is 2.58. The fourth-order valence-corrected chi connectivity index (χ4v) is 2.42. The molecule has 0 spiro atoms. The minimum absolute atomic E-state index is 0.227. The molecule has 1 amide bonds. The maximum atomic E-state index is 11.1. The Labute approximate surface area is 134 Å². The number of benzene rings is 2. The van der Waals surface area contributed by atoms with E-state index < -0.39 is 0 Å². The van der Waals surface area contributed by atoms with Gasteiger partial charge in [0.2, 0.25) is 5.91 Å². The molecular formula is C18H17N3O2. The smallest absolute Gasteiger partial charge is 0.221 e. The van der Waals surface area contributed by atoms with Crippen molar-refractivity contribution in [2.75, 3.05) is 7.11 Å². The molecule has 5 heteroatoms. The molecule has 1 heterocycles. The highest BCUT2D eigenvalue weighted by molar-refractivity contribution is 5.76. The molecule has 0 aliphatic heterocycles. The first-order valence-electron chi connectivity index (χ1n) is 7.22. The third kappa shape index (κ3) is 3.40. The van der Waals surface area contributed by atoms with Crippen LogP contribution in [0.4, 0.5) is 0 Å². The Kier molecular flexibility index (Phi) is 4.10. The molecule has 0 fully saturated rings. The summed E-state index contributed by atoms with van der Waals surface area (Å²) in [6.07, 6.45) is 3.92. The average molecular weight is 307 g/mol. The number of hydrogen-bond donors (Lipinski definition) is 1. The van der Waals surface area contributed by atoms with Crippen LogP contribution in [0.5, 0.6) is 5.75 Å². The highest BCUT2D eigenvalue weighted by atomic mass is 16.5. The van der Waals surface area contributed by atoms with Crippen LogP contribution in [0.25, 0.3) is 16.9 Å². The number of methoxy groups -OCH3 is 1. The zero-order valence-electron chi connectivity index (χ0n) is 12.8. The van der Waals surface area contributed by atoms with Gasteiger partial charge < -0.3 is 15.0 Å². The van der Waals surface area contributed by atoms with Gasteiger partial charge >= 0.3 is 0 Å². The lowest BCUT2D eigenvalue weighted by atomic mass is 10.1. The zero-order valence-corrected chi connectivity index (χ0v) is 12.8. The number of nitrogens with two attached hydrogens (primary N) is 1. The normalized spacial score (nSPS) is 10.5. The molecule has 0 saturated carbocycles. The summed E-state index contributed by atoms with van der Waals surface area (Å²) < 4.78 is 7.16. The number of rotatable bonds is 5. The lowest BCUT2D eigenvalue weighted by Gasteiger charge is -2.05. The molecule has 0 saturated heterocycles. The van der Waals surface area contributed by atoms with Crippen LogP contribution in [0, 0.1) is 0 Å². The van der Waals surface area contributed by atoms with Gasteiger partial charge in [-0.2, -0.15) is 0 Å². The van der Waals surface area contributed by atoms with Crippen molar-refractivity contribution in [3.63, 3.8) is 0 Å². The van der Waals surface area contributed by atoms with E-state index >= 15 is 0 Å². The first kappa shape index (κ1) is 14.8. The summed E-state index contributed by atoms with van der Waals surface area (Å²) in [5, 5.41) is 0. The molecule has 0 bridgehead atoms. The van der Waals surface area contributed by atoms with E-state index in [1.165, 1.54) is 0 Å². The molecule has 5 nitrogen and oxygen atoms in total. The maximum Gasteiger partial charge on any atom is 0.221 e. The Balaban J connectivity index is 1.91. The monoisotopic (exact) mass is 307 g/mol. The van der Waals surface area contributed by atoms with Gasteiger partial charge in [-0.15, -0.1) is 0 Å². The van der Waals surface area contributed by atoms with Crippen molar-refractivity contribution in [3.05, 3.63) is 66.6 Å². The minimum Gasteiger partial charge on any atom is -0.497 e. The van der Waals surface area contributed by atoms with Crippen LogP contribution in [0.2, 0.25) is 0 Å². The van der Waals surface area contributed by atoms with Crippen molar-refractivity contribution in [2.24, 2.45) is 5.73 Å². The molecule has 2 aromatic carbocycles. The Morgan fingerprint density at radius 1 is 1.22 bits per heavy atom. The molecule has 3 aromatic rings. The molecule has 0 unspecified atom stereocenters. The van der Waals surface area contributed by atoms with E-state index in [0.717, 1.165) is 28.3 Å². The van der Waals surface area contributed by atoms with E-state index in [4.69, 9.17) is 10.5 Å². The number of aromatic nitrogens is 2. The van der Waals surface area contributed by atoms with Gasteiger partial charge in [0, 0.05) is 17.4 Å². The van der Waals surface area contributed by atoms with E-state index in [-0.39, 0.29) is 12.3 Å². The van der Waals surface area contributed by atoms with Crippen LogP contribution in [-0.4, -0.2) is 22.6 Å². The van der Waals surface area contributed by atoms with E-state index in [1.54, 1.807) is 13.4 Å².